The molecule has 1 aromatic carbocycles. The fourth-order valence-electron chi connectivity index (χ4n) is 3.40. The normalized spacial score (nSPS) is 19.4. The maximum absolute atomic E-state index is 6.11. The minimum absolute atomic E-state index is 0.506. The van der Waals surface area contributed by atoms with E-state index in [1.54, 1.807) is 12.4 Å². The minimum Gasteiger partial charge on any atom is -0.378 e. The predicted octanol–water partition coefficient (Wildman–Crippen LogP) is 2.83. The zero-order valence-electron chi connectivity index (χ0n) is 17.2. The molecular weight excluding hydrogens is 378 g/mol. The van der Waals surface area contributed by atoms with E-state index in [2.05, 4.69) is 33.9 Å². The van der Waals surface area contributed by atoms with E-state index in [0.717, 1.165) is 36.6 Å². The first-order valence-corrected chi connectivity index (χ1v) is 10.3. The largest absolute Gasteiger partial charge is 0.378 e. The second-order valence-corrected chi connectivity index (χ2v) is 7.19. The van der Waals surface area contributed by atoms with E-state index in [1.165, 1.54) is 5.56 Å². The number of nitrogens with zero attached hydrogens (tertiary/aromatic N) is 5. The van der Waals surface area contributed by atoms with Crippen molar-refractivity contribution < 1.29 is 9.47 Å². The summed E-state index contributed by atoms with van der Waals surface area (Å²) >= 11 is 0. The van der Waals surface area contributed by atoms with Crippen molar-refractivity contribution in [3.05, 3.63) is 77.4 Å². The first-order chi connectivity index (χ1) is 14.8. The molecule has 1 aromatic heterocycles. The lowest BCUT2D eigenvalue weighted by Gasteiger charge is -2.38. The Kier molecular flexibility index (Phi) is 6.84. The predicted molar refractivity (Wildman–Crippen MR) is 117 cm³/mol. The molecule has 0 radical (unpaired) electrons. The lowest BCUT2D eigenvalue weighted by Crippen LogP contribution is -2.45. The first-order valence-electron chi connectivity index (χ1n) is 10.3. The van der Waals surface area contributed by atoms with Gasteiger partial charge in [-0.1, -0.05) is 35.9 Å². The monoisotopic (exact) mass is 405 g/mol. The maximum atomic E-state index is 6.11. The van der Waals surface area contributed by atoms with E-state index in [9.17, 15) is 0 Å². The molecule has 1 saturated heterocycles. The Morgan fingerprint density at radius 1 is 1.20 bits per heavy atom. The van der Waals surface area contributed by atoms with E-state index in [1.807, 2.05) is 47.6 Å². The van der Waals surface area contributed by atoms with E-state index >= 15 is 0 Å². The second-order valence-electron chi connectivity index (χ2n) is 7.19. The van der Waals surface area contributed by atoms with Crippen molar-refractivity contribution in [2.75, 3.05) is 32.9 Å². The van der Waals surface area contributed by atoms with Crippen molar-refractivity contribution >= 4 is 12.4 Å². The summed E-state index contributed by atoms with van der Waals surface area (Å²) in [6.45, 7) is 5.62. The number of hydrogen-bond donors (Lipinski definition) is 0. The fourth-order valence-corrected chi connectivity index (χ4v) is 3.40. The highest BCUT2D eigenvalue weighted by Crippen LogP contribution is 2.21. The average Bonchev–Trinajstić information content (AvgIpc) is 2.79. The van der Waals surface area contributed by atoms with Crippen LogP contribution in [0, 0.1) is 6.92 Å². The molecule has 4 rings (SSSR count). The van der Waals surface area contributed by atoms with Crippen LogP contribution in [0.4, 0.5) is 0 Å². The van der Waals surface area contributed by atoms with Crippen LogP contribution in [0.5, 0.6) is 0 Å². The number of aryl methyl sites for hydroxylation is 1. The van der Waals surface area contributed by atoms with Gasteiger partial charge < -0.3 is 14.4 Å². The van der Waals surface area contributed by atoms with Gasteiger partial charge in [0.1, 0.15) is 5.82 Å². The van der Waals surface area contributed by atoms with Gasteiger partial charge in [0.15, 0.2) is 0 Å². The summed E-state index contributed by atoms with van der Waals surface area (Å²) in [6, 6.07) is 14.1. The molecular formula is C23H27N5O2. The van der Waals surface area contributed by atoms with Crippen LogP contribution in [0.15, 0.2) is 70.7 Å². The van der Waals surface area contributed by atoms with E-state index in [4.69, 9.17) is 14.6 Å². The van der Waals surface area contributed by atoms with Gasteiger partial charge >= 0.3 is 0 Å². The number of ether oxygens (including phenoxy) is 2. The Morgan fingerprint density at radius 2 is 2.10 bits per heavy atom. The van der Waals surface area contributed by atoms with Gasteiger partial charge in [-0.25, -0.2) is 10.0 Å². The molecule has 1 atom stereocenters. The minimum atomic E-state index is -0.516. The summed E-state index contributed by atoms with van der Waals surface area (Å²) in [5.41, 5.74) is 3.23. The molecule has 3 heterocycles. The zero-order chi connectivity index (χ0) is 20.6. The number of aliphatic imine (C=N–C) groups is 1. The lowest BCUT2D eigenvalue weighted by molar-refractivity contribution is -0.0583. The number of allylic oxidation sites excluding steroid dienone is 1. The van der Waals surface area contributed by atoms with Crippen molar-refractivity contribution in [2.24, 2.45) is 10.1 Å². The zero-order valence-corrected chi connectivity index (χ0v) is 17.2. The fraction of sp³-hybridized carbons (Fsp3) is 0.348. The Hall–Kier alpha value is -3.03. The SMILES string of the molecule is Cc1cccc(/C=N/N2C(N3CCOCC3)=CC=NC2OCCc2ccccn2)c1. The quantitative estimate of drug-likeness (QED) is 0.663. The molecule has 0 amide bonds. The van der Waals surface area contributed by atoms with Crippen LogP contribution in [0.1, 0.15) is 16.8 Å². The van der Waals surface area contributed by atoms with Gasteiger partial charge in [-0.15, -0.1) is 0 Å². The highest BCUT2D eigenvalue weighted by molar-refractivity contribution is 5.80. The Bertz CT molecular complexity index is 907. The number of aromatic nitrogens is 1. The highest BCUT2D eigenvalue weighted by Gasteiger charge is 2.27. The van der Waals surface area contributed by atoms with Gasteiger partial charge in [-0.3, -0.25) is 4.98 Å². The van der Waals surface area contributed by atoms with Crippen molar-refractivity contribution in [1.82, 2.24) is 14.9 Å². The molecule has 2 aromatic rings. The Labute approximate surface area is 177 Å². The number of morpholine rings is 1. The number of rotatable bonds is 7. The van der Waals surface area contributed by atoms with Gasteiger partial charge in [0.05, 0.1) is 26.0 Å². The third-order valence-corrected chi connectivity index (χ3v) is 4.94. The van der Waals surface area contributed by atoms with Crippen molar-refractivity contribution in [3.8, 4) is 0 Å². The third kappa shape index (κ3) is 5.31. The molecule has 0 spiro atoms. The van der Waals surface area contributed by atoms with E-state index < -0.39 is 6.35 Å². The highest BCUT2D eigenvalue weighted by atomic mass is 16.5. The van der Waals surface area contributed by atoms with Crippen LogP contribution in [0.25, 0.3) is 0 Å². The van der Waals surface area contributed by atoms with Gasteiger partial charge in [0, 0.05) is 37.6 Å². The average molecular weight is 406 g/mol. The van der Waals surface area contributed by atoms with Gasteiger partial charge in [0.25, 0.3) is 0 Å². The second kappa shape index (κ2) is 10.1. The molecule has 0 bridgehead atoms. The molecule has 7 heteroatoms. The van der Waals surface area contributed by atoms with Crippen molar-refractivity contribution in [2.45, 2.75) is 19.7 Å². The van der Waals surface area contributed by atoms with Crippen molar-refractivity contribution in [1.29, 1.82) is 0 Å². The summed E-state index contributed by atoms with van der Waals surface area (Å²) in [7, 11) is 0. The van der Waals surface area contributed by atoms with Gasteiger partial charge in [0.2, 0.25) is 6.35 Å². The summed E-state index contributed by atoms with van der Waals surface area (Å²) in [6.07, 6.45) is 7.64. The summed E-state index contributed by atoms with van der Waals surface area (Å²) < 4.78 is 11.6. The van der Waals surface area contributed by atoms with Crippen LogP contribution >= 0.6 is 0 Å². The molecule has 0 saturated carbocycles. The van der Waals surface area contributed by atoms with Gasteiger partial charge in [-0.05, 0) is 30.7 Å². The summed E-state index contributed by atoms with van der Waals surface area (Å²) in [5, 5.41) is 6.61. The third-order valence-electron chi connectivity index (χ3n) is 4.94. The van der Waals surface area contributed by atoms with Crippen LogP contribution in [0.3, 0.4) is 0 Å². The van der Waals surface area contributed by atoms with E-state index in [0.29, 0.717) is 19.8 Å². The number of pyridine rings is 1. The molecule has 156 valence electrons. The van der Waals surface area contributed by atoms with Gasteiger partial charge in [-0.2, -0.15) is 5.10 Å². The smallest absolute Gasteiger partial charge is 0.249 e. The molecule has 1 fully saturated rings. The molecule has 30 heavy (non-hydrogen) atoms. The molecule has 1 unspecified atom stereocenters. The summed E-state index contributed by atoms with van der Waals surface area (Å²) in [4.78, 5) is 11.1. The number of benzene rings is 1. The first kappa shape index (κ1) is 20.3. The van der Waals surface area contributed by atoms with E-state index in [-0.39, 0.29) is 0 Å². The Balaban J connectivity index is 1.49. The number of hydrazone groups is 1. The van der Waals surface area contributed by atoms with Crippen molar-refractivity contribution in [3.63, 3.8) is 0 Å². The molecule has 0 aliphatic carbocycles. The number of hydrogen-bond acceptors (Lipinski definition) is 7. The standard InChI is InChI=1S/C23H27N5O2/c1-19-5-4-6-20(17-19)18-26-28-22(27-12-15-29-16-13-27)8-11-25-23(28)30-14-9-21-7-2-3-10-24-21/h2-8,10-11,17-18,23H,9,12-16H2,1H3/b26-18+. The van der Waals surface area contributed by atoms with Crippen LogP contribution in [0.2, 0.25) is 0 Å². The Morgan fingerprint density at radius 3 is 2.90 bits per heavy atom. The van der Waals surface area contributed by atoms with Crippen LogP contribution in [-0.4, -0.2) is 66.6 Å². The maximum Gasteiger partial charge on any atom is 0.249 e. The molecule has 0 N–H and O–H groups in total. The topological polar surface area (TPSA) is 62.5 Å². The van der Waals surface area contributed by atoms with Crippen LogP contribution < -0.4 is 0 Å². The summed E-state index contributed by atoms with van der Waals surface area (Å²) in [5.74, 6) is 0.972. The molecule has 2 aliphatic rings. The molecule has 2 aliphatic heterocycles. The van der Waals surface area contributed by atoms with Crippen LogP contribution in [-0.2, 0) is 15.9 Å². The molecule has 7 nitrogen and oxygen atoms in total. The lowest BCUT2D eigenvalue weighted by atomic mass is 10.2.